The Kier molecular flexibility index (Phi) is 6.37. The smallest absolute Gasteiger partial charge is 0.128 e. The molecule has 1 unspecified atom stereocenters. The van der Waals surface area contributed by atoms with E-state index in [0.29, 0.717) is 6.04 Å². The van der Waals surface area contributed by atoms with Gasteiger partial charge in [-0.3, -0.25) is 19.8 Å². The second-order valence-corrected chi connectivity index (χ2v) is 7.60. The lowest BCUT2D eigenvalue weighted by molar-refractivity contribution is -0.139. The zero-order valence-electron chi connectivity index (χ0n) is 16.2. The molecule has 0 N–H and O–H groups in total. The first-order valence-corrected chi connectivity index (χ1v) is 10.4. The van der Waals surface area contributed by atoms with E-state index >= 15 is 0 Å². The van der Waals surface area contributed by atoms with E-state index < -0.39 is 0 Å². The fraction of sp³-hybridized carbons (Fsp3) is 0.619. The molecule has 146 valence electrons. The highest BCUT2D eigenvalue weighted by Crippen LogP contribution is 2.24. The van der Waals surface area contributed by atoms with E-state index in [1.165, 1.54) is 31.4 Å². The van der Waals surface area contributed by atoms with Gasteiger partial charge in [-0.1, -0.05) is 12.5 Å². The van der Waals surface area contributed by atoms with E-state index in [-0.39, 0.29) is 0 Å². The lowest BCUT2D eigenvalue weighted by Gasteiger charge is -2.36. The molecule has 1 saturated carbocycles. The summed E-state index contributed by atoms with van der Waals surface area (Å²) in [4.78, 5) is 20.0. The van der Waals surface area contributed by atoms with Gasteiger partial charge in [-0.05, 0) is 50.8 Å². The lowest BCUT2D eigenvalue weighted by Crippen LogP contribution is -2.47. The number of aliphatic imine (C=N–C) groups is 1. The molecule has 1 aliphatic carbocycles. The molecule has 6 nitrogen and oxygen atoms in total. The van der Waals surface area contributed by atoms with Crippen molar-refractivity contribution in [3.8, 4) is 0 Å². The Bertz CT molecular complexity index is 639. The van der Waals surface area contributed by atoms with Crippen molar-refractivity contribution in [3.05, 3.63) is 36.8 Å². The van der Waals surface area contributed by atoms with Gasteiger partial charge >= 0.3 is 0 Å². The Hall–Kier alpha value is -1.92. The molecule has 1 saturated heterocycles. The van der Waals surface area contributed by atoms with Crippen molar-refractivity contribution in [2.24, 2.45) is 4.99 Å². The van der Waals surface area contributed by atoms with Gasteiger partial charge in [0.25, 0.3) is 0 Å². The molecule has 0 bridgehead atoms. The number of fused-ring (bicyclic) bond motifs is 1. The number of aromatic nitrogens is 1. The molecule has 4 rings (SSSR count). The fourth-order valence-corrected chi connectivity index (χ4v) is 4.18. The van der Waals surface area contributed by atoms with Gasteiger partial charge in [0.2, 0.25) is 0 Å². The number of anilines is 1. The molecule has 1 aromatic rings. The van der Waals surface area contributed by atoms with Crippen molar-refractivity contribution in [2.45, 2.75) is 44.6 Å². The number of piperazine rings is 1. The molecular weight excluding hydrogens is 338 g/mol. The summed E-state index contributed by atoms with van der Waals surface area (Å²) in [6.07, 6.45) is 12.9. The molecule has 0 aromatic carbocycles. The fourth-order valence-electron chi connectivity index (χ4n) is 4.18. The maximum absolute atomic E-state index is 6.05. The molecule has 1 atom stereocenters. The molecule has 0 amide bonds. The molecule has 3 heterocycles. The quantitative estimate of drug-likeness (QED) is 0.691. The third kappa shape index (κ3) is 4.87. The van der Waals surface area contributed by atoms with Gasteiger partial charge < -0.3 is 4.90 Å². The minimum absolute atomic E-state index is 0.378. The van der Waals surface area contributed by atoms with E-state index in [9.17, 15) is 0 Å². The first-order chi connectivity index (χ1) is 13.4. The average Bonchev–Trinajstić information content (AvgIpc) is 2.75. The number of nitrogens with zero attached hydrogens (tertiary/aromatic N) is 5. The summed E-state index contributed by atoms with van der Waals surface area (Å²) in [5, 5.41) is 2.05. The monoisotopic (exact) mass is 369 g/mol. The lowest BCUT2D eigenvalue weighted by atomic mass is 9.92. The molecule has 0 radical (unpaired) electrons. The maximum atomic E-state index is 6.05. The summed E-state index contributed by atoms with van der Waals surface area (Å²) in [6.45, 7) is 6.32. The van der Waals surface area contributed by atoms with Crippen LogP contribution in [0.2, 0.25) is 0 Å². The Morgan fingerprint density at radius 3 is 2.85 bits per heavy atom. The standard InChI is InChI=1S/C21H31N5O/c1-2-8-20-19(7-1)22-11-13-26(20)27-18-6-5-12-24-14-16-25(17-15-24)21-9-3-4-10-23-21/h3-4,9-11,13,20H,1-2,5-8,12,14-18H2. The Labute approximate surface area is 162 Å². The van der Waals surface area contributed by atoms with Gasteiger partial charge in [0, 0.05) is 50.5 Å². The van der Waals surface area contributed by atoms with Crippen LogP contribution in [0.5, 0.6) is 0 Å². The third-order valence-electron chi connectivity index (χ3n) is 5.76. The van der Waals surface area contributed by atoms with E-state index in [2.05, 4.69) is 31.9 Å². The van der Waals surface area contributed by atoms with Crippen molar-refractivity contribution in [1.82, 2.24) is 14.9 Å². The van der Waals surface area contributed by atoms with Crippen molar-refractivity contribution in [3.63, 3.8) is 0 Å². The summed E-state index contributed by atoms with van der Waals surface area (Å²) in [5.74, 6) is 1.10. The Balaban J connectivity index is 1.11. The summed E-state index contributed by atoms with van der Waals surface area (Å²) >= 11 is 0. The summed E-state index contributed by atoms with van der Waals surface area (Å²) in [7, 11) is 0. The number of hydroxylamine groups is 2. The van der Waals surface area contributed by atoms with Gasteiger partial charge in [0.15, 0.2) is 0 Å². The second-order valence-electron chi connectivity index (χ2n) is 7.60. The number of pyridine rings is 1. The molecule has 3 aliphatic rings. The van der Waals surface area contributed by atoms with E-state index in [1.807, 2.05) is 29.7 Å². The van der Waals surface area contributed by atoms with E-state index in [4.69, 9.17) is 4.84 Å². The second kappa shape index (κ2) is 9.33. The van der Waals surface area contributed by atoms with Crippen molar-refractivity contribution in [1.29, 1.82) is 0 Å². The zero-order chi connectivity index (χ0) is 18.3. The minimum Gasteiger partial charge on any atom is -0.354 e. The topological polar surface area (TPSA) is 44.2 Å². The zero-order valence-corrected chi connectivity index (χ0v) is 16.2. The molecule has 2 aliphatic heterocycles. The normalized spacial score (nSPS) is 23.3. The van der Waals surface area contributed by atoms with Crippen molar-refractivity contribution < 1.29 is 4.84 Å². The van der Waals surface area contributed by atoms with E-state index in [1.54, 1.807) is 0 Å². The molecule has 2 fully saturated rings. The highest BCUT2D eigenvalue weighted by Gasteiger charge is 2.27. The molecule has 1 aromatic heterocycles. The van der Waals surface area contributed by atoms with Crippen molar-refractivity contribution in [2.75, 3.05) is 44.2 Å². The number of rotatable bonds is 7. The van der Waals surface area contributed by atoms with Crippen LogP contribution in [0, 0.1) is 0 Å². The van der Waals surface area contributed by atoms with Crippen LogP contribution < -0.4 is 4.90 Å². The van der Waals surface area contributed by atoms with Crippen LogP contribution in [-0.2, 0) is 4.84 Å². The van der Waals surface area contributed by atoms with Gasteiger partial charge in [0.1, 0.15) is 5.82 Å². The molecule has 6 heteroatoms. The molecule has 27 heavy (non-hydrogen) atoms. The Morgan fingerprint density at radius 1 is 1.07 bits per heavy atom. The largest absolute Gasteiger partial charge is 0.354 e. The first-order valence-electron chi connectivity index (χ1n) is 10.4. The summed E-state index contributed by atoms with van der Waals surface area (Å²) < 4.78 is 0. The van der Waals surface area contributed by atoms with Crippen LogP contribution in [0.4, 0.5) is 5.82 Å². The highest BCUT2D eigenvalue weighted by atomic mass is 16.7. The van der Waals surface area contributed by atoms with Crippen LogP contribution in [0.25, 0.3) is 0 Å². The van der Waals surface area contributed by atoms with Gasteiger partial charge in [-0.25, -0.2) is 4.98 Å². The summed E-state index contributed by atoms with van der Waals surface area (Å²) in [5.41, 5.74) is 1.30. The average molecular weight is 370 g/mol. The predicted molar refractivity (Wildman–Crippen MR) is 109 cm³/mol. The SMILES string of the molecule is C1=CN(OCCCCN2CCN(c3ccccn3)CC2)C2CCCCC2=N1. The van der Waals surface area contributed by atoms with Crippen molar-refractivity contribution >= 4 is 11.5 Å². The van der Waals surface area contributed by atoms with Gasteiger partial charge in [0.05, 0.1) is 12.6 Å². The highest BCUT2D eigenvalue weighted by molar-refractivity contribution is 5.91. The minimum atomic E-state index is 0.378. The van der Waals surface area contributed by atoms with Gasteiger partial charge in [-0.2, -0.15) is 0 Å². The van der Waals surface area contributed by atoms with Crippen LogP contribution in [0.15, 0.2) is 41.8 Å². The van der Waals surface area contributed by atoms with Crippen LogP contribution >= 0.6 is 0 Å². The predicted octanol–water partition coefficient (Wildman–Crippen LogP) is 3.09. The van der Waals surface area contributed by atoms with E-state index in [0.717, 1.165) is 58.0 Å². The van der Waals surface area contributed by atoms with Crippen LogP contribution in [0.1, 0.15) is 38.5 Å². The number of unbranched alkanes of at least 4 members (excludes halogenated alkanes) is 1. The maximum Gasteiger partial charge on any atom is 0.128 e. The molecule has 0 spiro atoms. The number of hydrogen-bond acceptors (Lipinski definition) is 6. The number of hydrogen-bond donors (Lipinski definition) is 0. The van der Waals surface area contributed by atoms with Gasteiger partial charge in [-0.15, -0.1) is 0 Å². The van der Waals surface area contributed by atoms with Crippen LogP contribution in [-0.4, -0.2) is 66.0 Å². The first kappa shape index (κ1) is 18.4. The summed E-state index contributed by atoms with van der Waals surface area (Å²) in [6, 6.07) is 6.52. The Morgan fingerprint density at radius 2 is 2.00 bits per heavy atom. The van der Waals surface area contributed by atoms with Crippen LogP contribution in [0.3, 0.4) is 0 Å². The molecular formula is C21H31N5O. The third-order valence-corrected chi connectivity index (χ3v) is 5.76.